The molecule has 0 unspecified atom stereocenters. The van der Waals surface area contributed by atoms with Gasteiger partial charge in [0.2, 0.25) is 0 Å². The number of hydrogen-bond acceptors (Lipinski definition) is 3. The smallest absolute Gasteiger partial charge is 0.287 e. The molecule has 2 aromatic carbocycles. The number of nitrogens with zero attached hydrogens (tertiary/aromatic N) is 1. The minimum Gasteiger partial charge on any atom is -0.450 e. The summed E-state index contributed by atoms with van der Waals surface area (Å²) in [7, 11) is 0. The van der Waals surface area contributed by atoms with E-state index in [0.717, 1.165) is 28.3 Å². The molecule has 0 radical (unpaired) electrons. The first kappa shape index (κ1) is 14.1. The average molecular weight is 320 g/mol. The van der Waals surface area contributed by atoms with E-state index in [4.69, 9.17) is 4.42 Å². The Bertz CT molecular complexity index is 922. The zero-order valence-electron chi connectivity index (χ0n) is 13.5. The van der Waals surface area contributed by atoms with Crippen LogP contribution in [0.1, 0.15) is 23.4 Å². The van der Waals surface area contributed by atoms with Crippen LogP contribution in [-0.2, 0) is 0 Å². The molecule has 2 bridgehead atoms. The topological polar surface area (TPSA) is 45.5 Å². The predicted octanol–water partition coefficient (Wildman–Crippen LogP) is 3.41. The quantitative estimate of drug-likeness (QED) is 0.787. The van der Waals surface area contributed by atoms with E-state index in [1.165, 1.54) is 25.9 Å². The number of hydrogen-bond donors (Lipinski definition) is 1. The highest BCUT2D eigenvalue weighted by molar-refractivity contribution is 6.07. The first-order valence-electron chi connectivity index (χ1n) is 8.72. The Hall–Kier alpha value is -2.33. The second-order valence-corrected chi connectivity index (χ2v) is 7.03. The standard InChI is InChI=1S/C20H20N2O2/c23-20(21-17-12-22-9-7-14(17)8-10-22)18-11-15-6-5-13-3-1-2-4-16(13)19(15)24-18/h1-6,11,14,17H,7-10,12H2,(H,21,23)/t17-/m0/s1. The molecule has 6 rings (SSSR count). The van der Waals surface area contributed by atoms with Crippen molar-refractivity contribution in [3.63, 3.8) is 0 Å². The third kappa shape index (κ3) is 2.21. The number of rotatable bonds is 2. The third-order valence-corrected chi connectivity index (χ3v) is 5.61. The van der Waals surface area contributed by atoms with E-state index in [1.54, 1.807) is 0 Å². The second kappa shape index (κ2) is 5.35. The minimum absolute atomic E-state index is 0.0889. The Morgan fingerprint density at radius 2 is 1.88 bits per heavy atom. The summed E-state index contributed by atoms with van der Waals surface area (Å²) in [5, 5.41) is 6.36. The van der Waals surface area contributed by atoms with Gasteiger partial charge in [-0.25, -0.2) is 0 Å². The van der Waals surface area contributed by atoms with Crippen molar-refractivity contribution in [2.75, 3.05) is 19.6 Å². The van der Waals surface area contributed by atoms with Crippen LogP contribution in [0.15, 0.2) is 46.9 Å². The second-order valence-electron chi connectivity index (χ2n) is 7.03. The van der Waals surface area contributed by atoms with Gasteiger partial charge in [0.15, 0.2) is 5.76 Å². The lowest BCUT2D eigenvalue weighted by Crippen LogP contribution is -2.57. The molecule has 1 aromatic heterocycles. The number of carbonyl (C=O) groups excluding carboxylic acids is 1. The van der Waals surface area contributed by atoms with Crippen LogP contribution in [0.25, 0.3) is 21.7 Å². The van der Waals surface area contributed by atoms with Crippen LogP contribution in [0, 0.1) is 5.92 Å². The van der Waals surface area contributed by atoms with Crippen molar-refractivity contribution >= 4 is 27.6 Å². The summed E-state index contributed by atoms with van der Waals surface area (Å²) < 4.78 is 5.94. The number of amides is 1. The molecule has 122 valence electrons. The number of carbonyl (C=O) groups is 1. The van der Waals surface area contributed by atoms with Gasteiger partial charge in [-0.15, -0.1) is 0 Å². The summed E-state index contributed by atoms with van der Waals surface area (Å²) >= 11 is 0. The molecule has 4 nitrogen and oxygen atoms in total. The highest BCUT2D eigenvalue weighted by Gasteiger charge is 2.35. The number of nitrogens with one attached hydrogen (secondary N) is 1. The van der Waals surface area contributed by atoms with Crippen LogP contribution in [0.2, 0.25) is 0 Å². The van der Waals surface area contributed by atoms with Gasteiger partial charge in [0.1, 0.15) is 5.58 Å². The summed E-state index contributed by atoms with van der Waals surface area (Å²) in [6.45, 7) is 3.32. The van der Waals surface area contributed by atoms with E-state index in [0.29, 0.717) is 11.7 Å². The maximum Gasteiger partial charge on any atom is 0.287 e. The van der Waals surface area contributed by atoms with Crippen LogP contribution in [0.5, 0.6) is 0 Å². The summed E-state index contributed by atoms with van der Waals surface area (Å²) in [4.78, 5) is 15.1. The lowest BCUT2D eigenvalue weighted by molar-refractivity contribution is 0.0607. The Balaban J connectivity index is 1.46. The molecule has 0 aliphatic carbocycles. The SMILES string of the molecule is O=C(N[C@H]1CN2CCC1CC2)c1cc2ccc3ccccc3c2o1. The van der Waals surface area contributed by atoms with Crippen molar-refractivity contribution in [2.24, 2.45) is 5.92 Å². The van der Waals surface area contributed by atoms with Gasteiger partial charge in [-0.05, 0) is 43.3 Å². The molecule has 1 N–H and O–H groups in total. The van der Waals surface area contributed by atoms with Gasteiger partial charge < -0.3 is 14.6 Å². The summed E-state index contributed by atoms with van der Waals surface area (Å²) in [5.41, 5.74) is 0.798. The Morgan fingerprint density at radius 3 is 2.67 bits per heavy atom. The van der Waals surface area contributed by atoms with E-state index in [9.17, 15) is 4.79 Å². The first-order chi connectivity index (χ1) is 11.8. The van der Waals surface area contributed by atoms with Crippen molar-refractivity contribution in [2.45, 2.75) is 18.9 Å². The third-order valence-electron chi connectivity index (χ3n) is 5.61. The molecule has 4 heterocycles. The molecular weight excluding hydrogens is 300 g/mol. The summed E-state index contributed by atoms with van der Waals surface area (Å²) in [6.07, 6.45) is 2.38. The average Bonchev–Trinajstić information content (AvgIpc) is 3.08. The monoisotopic (exact) mass is 320 g/mol. The van der Waals surface area contributed by atoms with Crippen LogP contribution in [0.4, 0.5) is 0 Å². The van der Waals surface area contributed by atoms with Crippen molar-refractivity contribution < 1.29 is 9.21 Å². The molecule has 0 saturated carbocycles. The number of fused-ring (bicyclic) bond motifs is 6. The van der Waals surface area contributed by atoms with Gasteiger partial charge in [0, 0.05) is 23.4 Å². The van der Waals surface area contributed by atoms with Gasteiger partial charge in [-0.1, -0.05) is 36.4 Å². The molecule has 0 spiro atoms. The van der Waals surface area contributed by atoms with Crippen molar-refractivity contribution in [1.29, 1.82) is 0 Å². The van der Waals surface area contributed by atoms with Crippen LogP contribution < -0.4 is 5.32 Å². The van der Waals surface area contributed by atoms with Gasteiger partial charge in [0.05, 0.1) is 0 Å². The van der Waals surface area contributed by atoms with Crippen LogP contribution >= 0.6 is 0 Å². The van der Waals surface area contributed by atoms with E-state index in [2.05, 4.69) is 22.3 Å². The highest BCUT2D eigenvalue weighted by Crippen LogP contribution is 2.30. The first-order valence-corrected chi connectivity index (χ1v) is 8.72. The highest BCUT2D eigenvalue weighted by atomic mass is 16.3. The lowest BCUT2D eigenvalue weighted by atomic mass is 9.84. The largest absolute Gasteiger partial charge is 0.450 e. The molecule has 3 aliphatic rings. The lowest BCUT2D eigenvalue weighted by Gasteiger charge is -2.44. The summed E-state index contributed by atoms with van der Waals surface area (Å²) in [5.74, 6) is 0.941. The van der Waals surface area contributed by atoms with E-state index in [1.807, 2.05) is 30.3 Å². The number of piperidine rings is 3. The Morgan fingerprint density at radius 1 is 1.08 bits per heavy atom. The molecule has 3 aliphatic heterocycles. The number of benzene rings is 2. The Labute approximate surface area is 140 Å². The normalized spacial score (nSPS) is 26.1. The zero-order chi connectivity index (χ0) is 16.1. The maximum atomic E-state index is 12.7. The fraction of sp³-hybridized carbons (Fsp3) is 0.350. The molecular formula is C20H20N2O2. The number of furan rings is 1. The molecule has 3 aromatic rings. The van der Waals surface area contributed by atoms with Crippen molar-refractivity contribution in [3.05, 3.63) is 48.2 Å². The van der Waals surface area contributed by atoms with Gasteiger partial charge in [-0.2, -0.15) is 0 Å². The molecule has 1 atom stereocenters. The van der Waals surface area contributed by atoms with Crippen molar-refractivity contribution in [1.82, 2.24) is 10.2 Å². The molecule has 1 amide bonds. The fourth-order valence-electron chi connectivity index (χ4n) is 4.25. The Kier molecular flexibility index (Phi) is 3.13. The van der Waals surface area contributed by atoms with Gasteiger partial charge in [0.25, 0.3) is 5.91 Å². The van der Waals surface area contributed by atoms with Crippen molar-refractivity contribution in [3.8, 4) is 0 Å². The van der Waals surface area contributed by atoms with Crippen LogP contribution in [-0.4, -0.2) is 36.5 Å². The minimum atomic E-state index is -0.0889. The van der Waals surface area contributed by atoms with Crippen LogP contribution in [0.3, 0.4) is 0 Å². The molecule has 3 fully saturated rings. The predicted molar refractivity (Wildman–Crippen MR) is 94.1 cm³/mol. The maximum absolute atomic E-state index is 12.7. The van der Waals surface area contributed by atoms with E-state index < -0.39 is 0 Å². The van der Waals surface area contributed by atoms with Gasteiger partial charge >= 0.3 is 0 Å². The fourth-order valence-corrected chi connectivity index (χ4v) is 4.25. The molecule has 3 saturated heterocycles. The van der Waals surface area contributed by atoms with Gasteiger partial charge in [-0.3, -0.25) is 4.79 Å². The summed E-state index contributed by atoms with van der Waals surface area (Å²) in [6, 6.07) is 14.3. The molecule has 24 heavy (non-hydrogen) atoms. The van der Waals surface area contributed by atoms with E-state index >= 15 is 0 Å². The zero-order valence-corrected chi connectivity index (χ0v) is 13.5. The van der Waals surface area contributed by atoms with E-state index in [-0.39, 0.29) is 11.9 Å². The molecule has 4 heteroatoms.